The van der Waals surface area contributed by atoms with Gasteiger partial charge < -0.3 is 0 Å². The quantitative estimate of drug-likeness (QED) is 0.386. The monoisotopic (exact) mass is 322 g/mol. The summed E-state index contributed by atoms with van der Waals surface area (Å²) in [5.74, 6) is 0. The third-order valence-electron chi connectivity index (χ3n) is 2.63. The minimum absolute atomic E-state index is 0.00900. The summed E-state index contributed by atoms with van der Waals surface area (Å²) in [6.45, 7) is 5.93. The summed E-state index contributed by atoms with van der Waals surface area (Å²) in [6.07, 6.45) is 9.19. The summed E-state index contributed by atoms with van der Waals surface area (Å²) in [7, 11) is 0. The number of allylic oxidation sites excluding steroid dienone is 3. The van der Waals surface area contributed by atoms with Crippen LogP contribution in [0.25, 0.3) is 0 Å². The summed E-state index contributed by atoms with van der Waals surface area (Å²) in [5, 5.41) is 0. The predicted octanol–water partition coefficient (Wildman–Crippen LogP) is 3.63. The molecule has 0 aliphatic carbocycles. The van der Waals surface area contributed by atoms with Gasteiger partial charge in [0, 0.05) is 0 Å². The molecule has 0 heterocycles. The summed E-state index contributed by atoms with van der Waals surface area (Å²) in [4.78, 5) is 11.8. The van der Waals surface area contributed by atoms with Crippen molar-refractivity contribution in [2.24, 2.45) is 0 Å². The van der Waals surface area contributed by atoms with Crippen molar-refractivity contribution in [2.45, 2.75) is 39.0 Å². The molecule has 1 rings (SSSR count). The Balaban J connectivity index is 2.09. The van der Waals surface area contributed by atoms with Gasteiger partial charge in [-0.2, -0.15) is 0 Å². The van der Waals surface area contributed by atoms with E-state index in [2.05, 4.69) is 25.7 Å². The van der Waals surface area contributed by atoms with Crippen LogP contribution in [0.5, 0.6) is 0 Å². The van der Waals surface area contributed by atoms with E-state index in [1.165, 1.54) is 10.0 Å². The molecule has 19 heavy (non-hydrogen) atoms. The van der Waals surface area contributed by atoms with Crippen LogP contribution in [0.4, 0.5) is 0 Å². The Morgan fingerprint density at radius 1 is 1.16 bits per heavy atom. The third kappa shape index (κ3) is 8.58. The van der Waals surface area contributed by atoms with Gasteiger partial charge in [0.15, 0.2) is 0 Å². The third-order valence-corrected chi connectivity index (χ3v) is 4.60. The number of carbonyl (C=O) groups excluding carboxylic acids is 1. The van der Waals surface area contributed by atoms with Crippen molar-refractivity contribution in [3.05, 3.63) is 54.6 Å². The van der Waals surface area contributed by atoms with E-state index in [4.69, 9.17) is 0 Å². The van der Waals surface area contributed by atoms with Crippen molar-refractivity contribution in [3.8, 4) is 0 Å². The number of benzene rings is 1. The van der Waals surface area contributed by atoms with Gasteiger partial charge in [0.2, 0.25) is 0 Å². The van der Waals surface area contributed by atoms with E-state index in [0.29, 0.717) is 11.1 Å². The molecule has 0 radical (unpaired) electrons. The normalized spacial score (nSPS) is 10.8. The molecule has 1 aromatic carbocycles. The van der Waals surface area contributed by atoms with Crippen molar-refractivity contribution < 1.29 is 4.79 Å². The Kier molecular flexibility index (Phi) is 8.20. The first-order valence-corrected chi connectivity index (χ1v) is 8.45. The topological polar surface area (TPSA) is 17.1 Å². The fraction of sp³-hybridized carbons (Fsp3) is 0.353. The van der Waals surface area contributed by atoms with Gasteiger partial charge in [-0.15, -0.1) is 0 Å². The van der Waals surface area contributed by atoms with Gasteiger partial charge in [-0.1, -0.05) is 0 Å². The average Bonchev–Trinajstić information content (AvgIpc) is 2.38. The van der Waals surface area contributed by atoms with Crippen LogP contribution in [0, 0.1) is 0 Å². The molecule has 0 aliphatic heterocycles. The van der Waals surface area contributed by atoms with Gasteiger partial charge in [-0.25, -0.2) is 0 Å². The molecule has 0 atom stereocenters. The molecular weight excluding hydrogens is 299 g/mol. The van der Waals surface area contributed by atoms with Crippen LogP contribution in [0.2, 0.25) is 0 Å². The van der Waals surface area contributed by atoms with Crippen LogP contribution in [-0.2, 0) is 4.79 Å². The maximum atomic E-state index is 11.8. The van der Waals surface area contributed by atoms with Crippen LogP contribution >= 0.6 is 0 Å². The molecule has 1 aromatic rings. The zero-order valence-corrected chi connectivity index (χ0v) is 13.3. The second-order valence-corrected chi connectivity index (χ2v) is 7.02. The van der Waals surface area contributed by atoms with Crippen molar-refractivity contribution in [2.75, 3.05) is 0 Å². The van der Waals surface area contributed by atoms with E-state index < -0.39 is 0 Å². The van der Waals surface area contributed by atoms with Crippen molar-refractivity contribution >= 4 is 24.1 Å². The first-order valence-electron chi connectivity index (χ1n) is 6.73. The fourth-order valence-electron chi connectivity index (χ4n) is 1.60. The van der Waals surface area contributed by atoms with Crippen LogP contribution in [-0.4, -0.2) is 19.6 Å². The molecule has 0 unspecified atom stereocenters. The molecule has 2 heteroatoms. The van der Waals surface area contributed by atoms with Gasteiger partial charge in [-0.3, -0.25) is 0 Å². The van der Waals surface area contributed by atoms with Crippen molar-refractivity contribution in [1.82, 2.24) is 0 Å². The average molecular weight is 321 g/mol. The summed E-state index contributed by atoms with van der Waals surface area (Å²) >= 11 is -0.00900. The molecule has 0 N–H and O–H groups in total. The molecule has 1 nitrogen and oxygen atoms in total. The first kappa shape index (κ1) is 15.9. The Morgan fingerprint density at radius 2 is 1.84 bits per heavy atom. The van der Waals surface area contributed by atoms with Crippen molar-refractivity contribution in [3.63, 3.8) is 0 Å². The number of carbonyl (C=O) groups is 1. The molecular formula is C17H22OSe. The summed E-state index contributed by atoms with van der Waals surface area (Å²) in [6, 6.07) is 10.0. The van der Waals surface area contributed by atoms with Gasteiger partial charge in [-0.05, 0) is 0 Å². The van der Waals surface area contributed by atoms with Gasteiger partial charge >= 0.3 is 123 Å². The number of rotatable bonds is 9. The second-order valence-electron chi connectivity index (χ2n) is 4.65. The standard InChI is InChI=1S/C17H22OSe/c1-15(2)11-7-4-3-5-10-14-17(18)19-16-12-8-6-9-13-16/h3-4,6,8-9,12-13H,1,5,7,10-11,14H2,2H3/b4-3-. The molecule has 0 fully saturated rings. The van der Waals surface area contributed by atoms with Crippen LogP contribution in [0.1, 0.15) is 39.0 Å². The zero-order valence-electron chi connectivity index (χ0n) is 11.6. The van der Waals surface area contributed by atoms with E-state index in [1.807, 2.05) is 30.3 Å². The Hall–Kier alpha value is -1.11. The van der Waals surface area contributed by atoms with Gasteiger partial charge in [0.25, 0.3) is 0 Å². The van der Waals surface area contributed by atoms with Gasteiger partial charge in [0.05, 0.1) is 0 Å². The van der Waals surface area contributed by atoms with Crippen LogP contribution < -0.4 is 4.46 Å². The van der Waals surface area contributed by atoms with Crippen LogP contribution in [0.15, 0.2) is 54.6 Å². The Morgan fingerprint density at radius 3 is 2.53 bits per heavy atom. The maximum absolute atomic E-state index is 11.8. The van der Waals surface area contributed by atoms with E-state index in [1.54, 1.807) is 0 Å². The van der Waals surface area contributed by atoms with Gasteiger partial charge in [0.1, 0.15) is 0 Å². The SMILES string of the molecule is C=C(C)CC/C=C\CCCC(=O)[Se]c1ccccc1. The summed E-state index contributed by atoms with van der Waals surface area (Å²) in [5.41, 5.74) is 1.23. The number of unbranched alkanes of at least 4 members (excludes halogenated alkanes) is 1. The van der Waals surface area contributed by atoms with Crippen LogP contribution in [0.3, 0.4) is 0 Å². The predicted molar refractivity (Wildman–Crippen MR) is 83.9 cm³/mol. The number of hydrogen-bond donors (Lipinski definition) is 0. The molecule has 0 saturated carbocycles. The van der Waals surface area contributed by atoms with Crippen molar-refractivity contribution in [1.29, 1.82) is 0 Å². The molecule has 0 amide bonds. The fourth-order valence-corrected chi connectivity index (χ4v) is 3.28. The summed E-state index contributed by atoms with van der Waals surface area (Å²) < 4.78 is 1.58. The molecule has 102 valence electrons. The van der Waals surface area contributed by atoms with E-state index in [-0.39, 0.29) is 15.0 Å². The van der Waals surface area contributed by atoms with E-state index >= 15 is 0 Å². The Bertz CT molecular complexity index is 420. The molecule has 0 saturated heterocycles. The van der Waals surface area contributed by atoms with E-state index in [9.17, 15) is 4.79 Å². The second kappa shape index (κ2) is 9.77. The molecule has 0 aromatic heterocycles. The molecule has 0 bridgehead atoms. The van der Waals surface area contributed by atoms with E-state index in [0.717, 1.165) is 25.7 Å². The molecule has 0 aliphatic rings. The molecule has 0 spiro atoms. The first-order chi connectivity index (χ1) is 9.18. The zero-order chi connectivity index (χ0) is 13.9. The minimum atomic E-state index is -0.00900. The number of hydrogen-bond acceptors (Lipinski definition) is 1. The Labute approximate surface area is 123 Å².